The minimum absolute atomic E-state index is 0.0815. The standard InChI is InChI=1S/C14H18N2O/c1-10(2)17-9-13(15)11-5-6-14-12(8-11)4-3-7-16-14/h3-8,10,13H,9,15H2,1-2H3. The lowest BCUT2D eigenvalue weighted by Gasteiger charge is -2.15. The quantitative estimate of drug-likeness (QED) is 0.878. The van der Waals surface area contributed by atoms with Crippen molar-refractivity contribution in [3.8, 4) is 0 Å². The van der Waals surface area contributed by atoms with Gasteiger partial charge in [-0.15, -0.1) is 0 Å². The molecule has 0 fully saturated rings. The van der Waals surface area contributed by atoms with Gasteiger partial charge >= 0.3 is 0 Å². The van der Waals surface area contributed by atoms with Crippen molar-refractivity contribution in [3.05, 3.63) is 42.1 Å². The van der Waals surface area contributed by atoms with Crippen LogP contribution in [0.15, 0.2) is 36.5 Å². The zero-order chi connectivity index (χ0) is 12.3. The van der Waals surface area contributed by atoms with Gasteiger partial charge in [-0.05, 0) is 37.6 Å². The number of ether oxygens (including phenoxy) is 1. The van der Waals surface area contributed by atoms with Gasteiger partial charge in [-0.25, -0.2) is 0 Å². The van der Waals surface area contributed by atoms with Crippen LogP contribution in [0.5, 0.6) is 0 Å². The van der Waals surface area contributed by atoms with Gasteiger partial charge in [0.2, 0.25) is 0 Å². The van der Waals surface area contributed by atoms with Crippen molar-refractivity contribution in [2.45, 2.75) is 26.0 Å². The molecule has 0 aliphatic rings. The van der Waals surface area contributed by atoms with Gasteiger partial charge in [0.1, 0.15) is 0 Å². The number of rotatable bonds is 4. The van der Waals surface area contributed by atoms with Crippen LogP contribution in [-0.4, -0.2) is 17.7 Å². The lowest BCUT2D eigenvalue weighted by atomic mass is 10.1. The summed E-state index contributed by atoms with van der Waals surface area (Å²) in [6.07, 6.45) is 2.01. The molecule has 1 atom stereocenters. The summed E-state index contributed by atoms with van der Waals surface area (Å²) in [7, 11) is 0. The number of aromatic nitrogens is 1. The molecule has 0 saturated heterocycles. The summed E-state index contributed by atoms with van der Waals surface area (Å²) in [6, 6.07) is 9.99. The lowest BCUT2D eigenvalue weighted by Crippen LogP contribution is -2.19. The average Bonchev–Trinajstić information content (AvgIpc) is 2.35. The highest BCUT2D eigenvalue weighted by atomic mass is 16.5. The first-order valence-corrected chi connectivity index (χ1v) is 5.88. The van der Waals surface area contributed by atoms with Gasteiger partial charge in [-0.1, -0.05) is 12.1 Å². The zero-order valence-electron chi connectivity index (χ0n) is 10.3. The Hall–Kier alpha value is -1.45. The molecular weight excluding hydrogens is 212 g/mol. The topological polar surface area (TPSA) is 48.1 Å². The molecule has 0 aliphatic heterocycles. The molecule has 90 valence electrons. The Bertz CT molecular complexity index is 496. The van der Waals surface area contributed by atoms with Gasteiger partial charge in [-0.2, -0.15) is 0 Å². The fourth-order valence-corrected chi connectivity index (χ4v) is 1.72. The van der Waals surface area contributed by atoms with Crippen LogP contribution in [0, 0.1) is 0 Å². The second kappa shape index (κ2) is 5.25. The third kappa shape index (κ3) is 3.02. The van der Waals surface area contributed by atoms with Crippen LogP contribution >= 0.6 is 0 Å². The molecule has 0 saturated carbocycles. The van der Waals surface area contributed by atoms with E-state index in [0.29, 0.717) is 6.61 Å². The average molecular weight is 230 g/mol. The maximum Gasteiger partial charge on any atom is 0.0702 e. The van der Waals surface area contributed by atoms with Crippen molar-refractivity contribution in [1.82, 2.24) is 4.98 Å². The number of benzene rings is 1. The molecule has 0 radical (unpaired) electrons. The van der Waals surface area contributed by atoms with Gasteiger partial charge < -0.3 is 10.5 Å². The fourth-order valence-electron chi connectivity index (χ4n) is 1.72. The molecule has 1 heterocycles. The SMILES string of the molecule is CC(C)OCC(N)c1ccc2ncccc2c1. The highest BCUT2D eigenvalue weighted by Gasteiger charge is 2.08. The monoisotopic (exact) mass is 230 g/mol. The maximum absolute atomic E-state index is 6.09. The Morgan fingerprint density at radius 3 is 2.88 bits per heavy atom. The number of hydrogen-bond donors (Lipinski definition) is 1. The largest absolute Gasteiger partial charge is 0.377 e. The van der Waals surface area contributed by atoms with Crippen LogP contribution in [-0.2, 0) is 4.74 Å². The smallest absolute Gasteiger partial charge is 0.0702 e. The van der Waals surface area contributed by atoms with E-state index in [1.165, 1.54) is 0 Å². The number of pyridine rings is 1. The summed E-state index contributed by atoms with van der Waals surface area (Å²) in [6.45, 7) is 4.57. The first-order valence-electron chi connectivity index (χ1n) is 5.88. The second-order valence-electron chi connectivity index (χ2n) is 4.44. The van der Waals surface area contributed by atoms with Gasteiger partial charge in [0.25, 0.3) is 0 Å². The summed E-state index contributed by atoms with van der Waals surface area (Å²) in [5.41, 5.74) is 8.17. The fraction of sp³-hybridized carbons (Fsp3) is 0.357. The molecule has 2 aromatic rings. The molecule has 1 aromatic heterocycles. The van der Waals surface area contributed by atoms with Crippen LogP contribution in [0.4, 0.5) is 0 Å². The molecule has 2 rings (SSSR count). The molecule has 2 N–H and O–H groups in total. The third-order valence-electron chi connectivity index (χ3n) is 2.66. The van der Waals surface area contributed by atoms with E-state index in [0.717, 1.165) is 16.5 Å². The van der Waals surface area contributed by atoms with Crippen LogP contribution < -0.4 is 5.73 Å². The van der Waals surface area contributed by atoms with E-state index in [4.69, 9.17) is 10.5 Å². The van der Waals surface area contributed by atoms with Crippen molar-refractivity contribution in [1.29, 1.82) is 0 Å². The molecular formula is C14H18N2O. The third-order valence-corrected chi connectivity index (χ3v) is 2.66. The summed E-state index contributed by atoms with van der Waals surface area (Å²) in [5, 5.41) is 1.12. The lowest BCUT2D eigenvalue weighted by molar-refractivity contribution is 0.0683. The zero-order valence-corrected chi connectivity index (χ0v) is 10.3. The molecule has 0 spiro atoms. The second-order valence-corrected chi connectivity index (χ2v) is 4.44. The van der Waals surface area contributed by atoms with Crippen molar-refractivity contribution < 1.29 is 4.74 Å². The molecule has 1 aromatic carbocycles. The number of nitrogens with zero attached hydrogens (tertiary/aromatic N) is 1. The Morgan fingerprint density at radius 2 is 2.12 bits per heavy atom. The Labute approximate surface area is 102 Å². The summed E-state index contributed by atoms with van der Waals surface area (Å²) in [4.78, 5) is 4.28. The molecule has 17 heavy (non-hydrogen) atoms. The van der Waals surface area contributed by atoms with Gasteiger partial charge in [-0.3, -0.25) is 4.98 Å². The predicted molar refractivity (Wildman–Crippen MR) is 69.8 cm³/mol. The Balaban J connectivity index is 2.18. The number of nitrogens with two attached hydrogens (primary N) is 1. The van der Waals surface area contributed by atoms with E-state index in [9.17, 15) is 0 Å². The van der Waals surface area contributed by atoms with Crippen molar-refractivity contribution >= 4 is 10.9 Å². The van der Waals surface area contributed by atoms with E-state index < -0.39 is 0 Å². The molecule has 0 bridgehead atoms. The van der Waals surface area contributed by atoms with Gasteiger partial charge in [0.15, 0.2) is 0 Å². The van der Waals surface area contributed by atoms with Crippen molar-refractivity contribution in [3.63, 3.8) is 0 Å². The number of fused-ring (bicyclic) bond motifs is 1. The highest BCUT2D eigenvalue weighted by molar-refractivity contribution is 5.79. The van der Waals surface area contributed by atoms with Crippen LogP contribution in [0.2, 0.25) is 0 Å². The number of hydrogen-bond acceptors (Lipinski definition) is 3. The summed E-state index contributed by atoms with van der Waals surface area (Å²) >= 11 is 0. The Kier molecular flexibility index (Phi) is 3.71. The minimum Gasteiger partial charge on any atom is -0.377 e. The van der Waals surface area contributed by atoms with Crippen molar-refractivity contribution in [2.75, 3.05) is 6.61 Å². The van der Waals surface area contributed by atoms with Gasteiger partial charge in [0, 0.05) is 11.6 Å². The molecule has 3 nitrogen and oxygen atoms in total. The predicted octanol–water partition coefficient (Wildman–Crippen LogP) is 2.66. The highest BCUT2D eigenvalue weighted by Crippen LogP contribution is 2.18. The molecule has 1 unspecified atom stereocenters. The van der Waals surface area contributed by atoms with E-state index in [1.54, 1.807) is 6.20 Å². The molecule has 3 heteroatoms. The Morgan fingerprint density at radius 1 is 1.29 bits per heavy atom. The van der Waals surface area contributed by atoms with E-state index in [2.05, 4.69) is 11.1 Å². The molecule has 0 amide bonds. The first-order chi connectivity index (χ1) is 8.16. The normalized spacial score (nSPS) is 13.2. The summed E-state index contributed by atoms with van der Waals surface area (Å²) in [5.74, 6) is 0. The van der Waals surface area contributed by atoms with Crippen LogP contribution in [0.25, 0.3) is 10.9 Å². The van der Waals surface area contributed by atoms with Gasteiger partial charge in [0.05, 0.1) is 24.3 Å². The first kappa shape index (κ1) is 12.0. The van der Waals surface area contributed by atoms with Crippen molar-refractivity contribution in [2.24, 2.45) is 5.73 Å². The van der Waals surface area contributed by atoms with Crippen LogP contribution in [0.3, 0.4) is 0 Å². The van der Waals surface area contributed by atoms with E-state index >= 15 is 0 Å². The van der Waals surface area contributed by atoms with E-state index in [1.807, 2.05) is 38.1 Å². The minimum atomic E-state index is -0.0815. The van der Waals surface area contributed by atoms with E-state index in [-0.39, 0.29) is 12.1 Å². The summed E-state index contributed by atoms with van der Waals surface area (Å²) < 4.78 is 5.53. The maximum atomic E-state index is 6.09. The molecule has 0 aliphatic carbocycles. The van der Waals surface area contributed by atoms with Crippen LogP contribution in [0.1, 0.15) is 25.5 Å².